The molecule has 2 N–H and O–H groups in total. The fraction of sp³-hybridized carbons (Fsp3) is 0.429. The maximum atomic E-state index is 11.9. The highest BCUT2D eigenvalue weighted by Gasteiger charge is 2.25. The van der Waals surface area contributed by atoms with Gasteiger partial charge in [0.25, 0.3) is 0 Å². The van der Waals surface area contributed by atoms with Crippen LogP contribution in [0.3, 0.4) is 0 Å². The molecule has 0 unspecified atom stereocenters. The molecule has 0 heterocycles. The SMILES string of the molecule is O=NC(=O)[C@H](NC(=O)NC1CCCC1)c1ccccc1. The van der Waals surface area contributed by atoms with Crippen LogP contribution in [0, 0.1) is 4.91 Å². The molecule has 0 radical (unpaired) electrons. The molecule has 6 heteroatoms. The minimum absolute atomic E-state index is 0.144. The van der Waals surface area contributed by atoms with E-state index in [0.717, 1.165) is 25.7 Å². The zero-order chi connectivity index (χ0) is 14.4. The summed E-state index contributed by atoms with van der Waals surface area (Å²) in [4.78, 5) is 33.9. The summed E-state index contributed by atoms with van der Waals surface area (Å²) in [7, 11) is 0. The van der Waals surface area contributed by atoms with E-state index in [1.165, 1.54) is 0 Å². The summed E-state index contributed by atoms with van der Waals surface area (Å²) in [5.74, 6) is -0.905. The molecule has 1 aliphatic rings. The van der Waals surface area contributed by atoms with Crippen molar-refractivity contribution in [3.8, 4) is 0 Å². The average molecular weight is 275 g/mol. The van der Waals surface area contributed by atoms with E-state index in [4.69, 9.17) is 0 Å². The Morgan fingerprint density at radius 3 is 2.40 bits per heavy atom. The van der Waals surface area contributed by atoms with E-state index in [9.17, 15) is 14.5 Å². The molecule has 6 nitrogen and oxygen atoms in total. The van der Waals surface area contributed by atoms with Gasteiger partial charge in [-0.25, -0.2) is 4.79 Å². The molecule has 0 aliphatic heterocycles. The molecule has 3 amide bonds. The lowest BCUT2D eigenvalue weighted by atomic mass is 10.1. The highest BCUT2D eigenvalue weighted by molar-refractivity contribution is 5.88. The number of nitroso groups, excluding NO2 is 1. The van der Waals surface area contributed by atoms with Gasteiger partial charge in [0.1, 0.15) is 6.04 Å². The third kappa shape index (κ3) is 3.63. The molecule has 20 heavy (non-hydrogen) atoms. The highest BCUT2D eigenvalue weighted by atomic mass is 16.3. The van der Waals surface area contributed by atoms with Crippen LogP contribution < -0.4 is 10.6 Å². The first-order valence-corrected chi connectivity index (χ1v) is 6.70. The van der Waals surface area contributed by atoms with Gasteiger partial charge in [0.2, 0.25) is 0 Å². The van der Waals surface area contributed by atoms with Crippen LogP contribution in [0.2, 0.25) is 0 Å². The molecule has 2 rings (SSSR count). The van der Waals surface area contributed by atoms with Crippen LogP contribution in [0.4, 0.5) is 4.79 Å². The van der Waals surface area contributed by atoms with E-state index >= 15 is 0 Å². The van der Waals surface area contributed by atoms with Crippen molar-refractivity contribution in [2.45, 2.75) is 37.8 Å². The summed E-state index contributed by atoms with van der Waals surface area (Å²) in [6, 6.07) is 7.27. The van der Waals surface area contributed by atoms with E-state index in [1.54, 1.807) is 30.3 Å². The Labute approximate surface area is 116 Å². The van der Waals surface area contributed by atoms with Gasteiger partial charge in [-0.15, -0.1) is 4.91 Å². The molecule has 1 aliphatic carbocycles. The number of amides is 3. The van der Waals surface area contributed by atoms with Crippen LogP contribution in [-0.2, 0) is 4.79 Å². The van der Waals surface area contributed by atoms with Crippen molar-refractivity contribution < 1.29 is 9.59 Å². The lowest BCUT2D eigenvalue weighted by molar-refractivity contribution is -0.119. The zero-order valence-electron chi connectivity index (χ0n) is 11.0. The molecule has 1 saturated carbocycles. The van der Waals surface area contributed by atoms with Gasteiger partial charge < -0.3 is 10.6 Å². The van der Waals surface area contributed by atoms with Gasteiger partial charge >= 0.3 is 11.9 Å². The van der Waals surface area contributed by atoms with Crippen molar-refractivity contribution >= 4 is 11.9 Å². The number of carbonyl (C=O) groups is 2. The predicted octanol–water partition coefficient (Wildman–Crippen LogP) is 2.26. The summed E-state index contributed by atoms with van der Waals surface area (Å²) in [6.07, 6.45) is 4.09. The summed E-state index contributed by atoms with van der Waals surface area (Å²) < 4.78 is 0. The van der Waals surface area contributed by atoms with E-state index in [-0.39, 0.29) is 6.04 Å². The quantitative estimate of drug-likeness (QED) is 0.826. The third-order valence-electron chi connectivity index (χ3n) is 3.44. The van der Waals surface area contributed by atoms with E-state index in [0.29, 0.717) is 5.56 Å². The first kappa shape index (κ1) is 14.2. The zero-order valence-corrected chi connectivity index (χ0v) is 11.0. The van der Waals surface area contributed by atoms with Crippen LogP contribution in [0.5, 0.6) is 0 Å². The minimum atomic E-state index is -1.03. The Hall–Kier alpha value is -2.24. The number of nitrogens with one attached hydrogen (secondary N) is 2. The maximum absolute atomic E-state index is 11.9. The Bertz CT molecular complexity index is 484. The first-order chi connectivity index (χ1) is 9.70. The molecule has 0 spiro atoms. The van der Waals surface area contributed by atoms with Crippen LogP contribution >= 0.6 is 0 Å². The molecule has 1 atom stereocenters. The summed E-state index contributed by atoms with van der Waals surface area (Å²) >= 11 is 0. The number of hydrogen-bond donors (Lipinski definition) is 2. The van der Waals surface area contributed by atoms with Crippen LogP contribution in [0.1, 0.15) is 37.3 Å². The fourth-order valence-electron chi connectivity index (χ4n) is 2.41. The number of benzene rings is 1. The number of rotatable bonds is 4. The molecule has 0 aromatic heterocycles. The average Bonchev–Trinajstić information content (AvgIpc) is 2.97. The van der Waals surface area contributed by atoms with Crippen molar-refractivity contribution in [1.29, 1.82) is 0 Å². The van der Waals surface area contributed by atoms with E-state index in [1.807, 2.05) is 0 Å². The Morgan fingerprint density at radius 1 is 1.15 bits per heavy atom. The lowest BCUT2D eigenvalue weighted by Crippen LogP contribution is -2.44. The first-order valence-electron chi connectivity index (χ1n) is 6.70. The predicted molar refractivity (Wildman–Crippen MR) is 73.9 cm³/mol. The van der Waals surface area contributed by atoms with Gasteiger partial charge in [0.15, 0.2) is 0 Å². The molecular formula is C14H17N3O3. The summed E-state index contributed by atoms with van der Waals surface area (Å²) in [5.41, 5.74) is 0.540. The van der Waals surface area contributed by atoms with Crippen molar-refractivity contribution in [3.63, 3.8) is 0 Å². The highest BCUT2D eigenvalue weighted by Crippen LogP contribution is 2.18. The van der Waals surface area contributed by atoms with Gasteiger partial charge in [0, 0.05) is 11.2 Å². The maximum Gasteiger partial charge on any atom is 0.315 e. The Morgan fingerprint density at radius 2 is 1.80 bits per heavy atom. The monoisotopic (exact) mass is 275 g/mol. The molecule has 1 fully saturated rings. The smallest absolute Gasteiger partial charge is 0.315 e. The Kier molecular flexibility index (Phi) is 4.81. The molecule has 1 aromatic rings. The number of nitrogens with zero attached hydrogens (tertiary/aromatic N) is 1. The third-order valence-corrected chi connectivity index (χ3v) is 3.44. The lowest BCUT2D eigenvalue weighted by Gasteiger charge is -2.18. The molecule has 0 saturated heterocycles. The van der Waals surface area contributed by atoms with Gasteiger partial charge in [0.05, 0.1) is 0 Å². The normalized spacial score (nSPS) is 16.4. The molecule has 1 aromatic carbocycles. The van der Waals surface area contributed by atoms with Gasteiger partial charge in [-0.1, -0.05) is 43.2 Å². The topological polar surface area (TPSA) is 87.6 Å². The number of carbonyl (C=O) groups excluding carboxylic acids is 2. The second-order valence-electron chi connectivity index (χ2n) is 4.87. The second-order valence-corrected chi connectivity index (χ2v) is 4.87. The van der Waals surface area contributed by atoms with Crippen molar-refractivity contribution in [2.24, 2.45) is 5.18 Å². The van der Waals surface area contributed by atoms with Crippen molar-refractivity contribution in [2.75, 3.05) is 0 Å². The standard InChI is InChI=1S/C14H17N3O3/c18-13(17-20)12(10-6-2-1-3-7-10)16-14(19)15-11-8-4-5-9-11/h1-3,6-7,11-12H,4-5,8-9H2,(H2,15,16,19)/t12-/m1/s1. The second kappa shape index (κ2) is 6.79. The van der Waals surface area contributed by atoms with Crippen molar-refractivity contribution in [1.82, 2.24) is 10.6 Å². The van der Waals surface area contributed by atoms with Gasteiger partial charge in [-0.3, -0.25) is 4.79 Å². The number of urea groups is 1. The van der Waals surface area contributed by atoms with E-state index in [2.05, 4.69) is 15.8 Å². The summed E-state index contributed by atoms with van der Waals surface area (Å²) in [6.45, 7) is 0. The van der Waals surface area contributed by atoms with Crippen molar-refractivity contribution in [3.05, 3.63) is 40.8 Å². The van der Waals surface area contributed by atoms with Crippen LogP contribution in [0.15, 0.2) is 35.5 Å². The van der Waals surface area contributed by atoms with Crippen LogP contribution in [0.25, 0.3) is 0 Å². The summed E-state index contributed by atoms with van der Waals surface area (Å²) in [5, 5.41) is 7.75. The van der Waals surface area contributed by atoms with Crippen LogP contribution in [-0.4, -0.2) is 18.0 Å². The van der Waals surface area contributed by atoms with E-state index < -0.39 is 18.0 Å². The largest absolute Gasteiger partial charge is 0.335 e. The van der Waals surface area contributed by atoms with Gasteiger partial charge in [-0.2, -0.15) is 0 Å². The molecular weight excluding hydrogens is 258 g/mol. The Balaban J connectivity index is 2.02. The fourth-order valence-corrected chi connectivity index (χ4v) is 2.41. The minimum Gasteiger partial charge on any atom is -0.335 e. The molecule has 106 valence electrons. The molecule has 0 bridgehead atoms. The number of hydrogen-bond acceptors (Lipinski definition) is 3. The van der Waals surface area contributed by atoms with Gasteiger partial charge in [-0.05, 0) is 18.4 Å².